The Kier molecular flexibility index (Phi) is 3.74. The fraction of sp³-hybridized carbons (Fsp3) is 0.0870. The van der Waals surface area contributed by atoms with Crippen molar-refractivity contribution in [2.45, 2.75) is 13.0 Å². The number of hydrogen-bond acceptors (Lipinski definition) is 5. The van der Waals surface area contributed by atoms with Crippen LogP contribution in [0.25, 0.3) is 11.0 Å². The van der Waals surface area contributed by atoms with Crippen LogP contribution < -0.4 is 10.3 Å². The van der Waals surface area contributed by atoms with E-state index < -0.39 is 11.9 Å². The molecule has 2 aromatic carbocycles. The van der Waals surface area contributed by atoms with Crippen molar-refractivity contribution in [3.63, 3.8) is 0 Å². The second-order valence-corrected chi connectivity index (χ2v) is 7.04. The molecule has 5 rings (SSSR count). The van der Waals surface area contributed by atoms with Crippen molar-refractivity contribution < 1.29 is 14.3 Å². The number of phenolic OH excluding ortho intramolecular Hbond substituents is 1. The van der Waals surface area contributed by atoms with Crippen molar-refractivity contribution in [2.24, 2.45) is 0 Å². The Morgan fingerprint density at radius 1 is 1.03 bits per heavy atom. The number of carbonyl (C=O) groups is 1. The van der Waals surface area contributed by atoms with Crippen LogP contribution in [-0.4, -0.2) is 16.0 Å². The van der Waals surface area contributed by atoms with Crippen molar-refractivity contribution in [3.8, 4) is 5.75 Å². The number of rotatable bonds is 2. The molecule has 1 atom stereocenters. The van der Waals surface area contributed by atoms with E-state index in [0.29, 0.717) is 22.4 Å². The lowest BCUT2D eigenvalue weighted by Gasteiger charge is -2.24. The Morgan fingerprint density at radius 3 is 2.62 bits per heavy atom. The Balaban J connectivity index is 1.82. The standard InChI is InChI=1S/C23H16N2O4/c1-13-9-10-18(24-12-13)25-20(14-5-4-6-15(26)11-14)19-21(27)16-7-2-3-8-17(16)29-22(19)23(25)28/h2-12,20,26H,1H3/t20-/m0/s1. The molecule has 1 aliphatic heterocycles. The van der Waals surface area contributed by atoms with Crippen LogP contribution in [0.4, 0.5) is 5.82 Å². The van der Waals surface area contributed by atoms with Crippen LogP contribution >= 0.6 is 0 Å². The number of pyridine rings is 1. The molecule has 2 aromatic heterocycles. The van der Waals surface area contributed by atoms with Gasteiger partial charge in [-0.1, -0.05) is 30.3 Å². The zero-order chi connectivity index (χ0) is 20.1. The quantitative estimate of drug-likeness (QED) is 0.566. The van der Waals surface area contributed by atoms with E-state index in [4.69, 9.17) is 4.42 Å². The molecule has 4 aromatic rings. The van der Waals surface area contributed by atoms with Crippen molar-refractivity contribution in [1.82, 2.24) is 4.98 Å². The molecule has 6 nitrogen and oxygen atoms in total. The number of carbonyl (C=O) groups excluding carboxylic acids is 1. The first-order valence-electron chi connectivity index (χ1n) is 9.15. The summed E-state index contributed by atoms with van der Waals surface area (Å²) >= 11 is 0. The maximum absolute atomic E-state index is 13.3. The van der Waals surface area contributed by atoms with E-state index in [1.165, 1.54) is 4.90 Å². The molecule has 0 bridgehead atoms. The first-order chi connectivity index (χ1) is 14.0. The third kappa shape index (κ3) is 2.61. The van der Waals surface area contributed by atoms with E-state index in [1.807, 2.05) is 13.0 Å². The SMILES string of the molecule is Cc1ccc(N2C(=O)c3oc4ccccc4c(=O)c3[C@@H]2c2cccc(O)c2)nc1. The van der Waals surface area contributed by atoms with Gasteiger partial charge in [-0.2, -0.15) is 0 Å². The van der Waals surface area contributed by atoms with Crippen molar-refractivity contribution in [3.05, 3.63) is 99.5 Å². The van der Waals surface area contributed by atoms with Crippen molar-refractivity contribution in [2.75, 3.05) is 4.90 Å². The largest absolute Gasteiger partial charge is 0.508 e. The smallest absolute Gasteiger partial charge is 0.296 e. The monoisotopic (exact) mass is 384 g/mol. The fourth-order valence-electron chi connectivity index (χ4n) is 3.77. The van der Waals surface area contributed by atoms with Crippen LogP contribution in [0.15, 0.2) is 76.1 Å². The van der Waals surface area contributed by atoms with Gasteiger partial charge in [0.25, 0.3) is 5.91 Å². The Hall–Kier alpha value is -3.93. The minimum absolute atomic E-state index is 0.00409. The molecule has 0 unspecified atom stereocenters. The maximum Gasteiger partial charge on any atom is 0.296 e. The second-order valence-electron chi connectivity index (χ2n) is 7.04. The molecule has 3 heterocycles. The summed E-state index contributed by atoms with van der Waals surface area (Å²) in [6.07, 6.45) is 1.66. The molecule has 1 aliphatic rings. The Labute approximate surface area is 165 Å². The molecule has 0 aliphatic carbocycles. The summed E-state index contributed by atoms with van der Waals surface area (Å²) < 4.78 is 5.87. The van der Waals surface area contributed by atoms with Gasteiger partial charge in [0, 0.05) is 6.20 Å². The highest BCUT2D eigenvalue weighted by molar-refractivity contribution is 6.10. The van der Waals surface area contributed by atoms with Gasteiger partial charge in [0.15, 0.2) is 5.43 Å². The minimum atomic E-state index is -0.749. The summed E-state index contributed by atoms with van der Waals surface area (Å²) in [4.78, 5) is 32.5. The summed E-state index contributed by atoms with van der Waals surface area (Å²) in [7, 11) is 0. The number of phenols is 1. The van der Waals surface area contributed by atoms with Crippen LogP contribution in [0.3, 0.4) is 0 Å². The molecule has 0 radical (unpaired) electrons. The number of amides is 1. The highest BCUT2D eigenvalue weighted by Gasteiger charge is 2.44. The highest BCUT2D eigenvalue weighted by Crippen LogP contribution is 2.41. The minimum Gasteiger partial charge on any atom is -0.508 e. The zero-order valence-corrected chi connectivity index (χ0v) is 15.5. The number of anilines is 1. The average molecular weight is 384 g/mol. The van der Waals surface area contributed by atoms with E-state index in [2.05, 4.69) is 4.98 Å². The number of aromatic nitrogens is 1. The molecule has 0 spiro atoms. The maximum atomic E-state index is 13.3. The third-order valence-corrected chi connectivity index (χ3v) is 5.11. The van der Waals surface area contributed by atoms with Gasteiger partial charge < -0.3 is 9.52 Å². The van der Waals surface area contributed by atoms with Gasteiger partial charge in [0.2, 0.25) is 5.76 Å². The molecule has 29 heavy (non-hydrogen) atoms. The predicted octanol–water partition coefficient (Wildman–Crippen LogP) is 3.95. The summed E-state index contributed by atoms with van der Waals surface area (Å²) in [5.41, 5.74) is 1.90. The third-order valence-electron chi connectivity index (χ3n) is 5.11. The zero-order valence-electron chi connectivity index (χ0n) is 15.5. The van der Waals surface area contributed by atoms with Crippen molar-refractivity contribution >= 4 is 22.7 Å². The lowest BCUT2D eigenvalue weighted by Crippen LogP contribution is -2.30. The molecule has 0 saturated heterocycles. The molecule has 0 fully saturated rings. The van der Waals surface area contributed by atoms with Gasteiger partial charge >= 0.3 is 0 Å². The lowest BCUT2D eigenvalue weighted by molar-refractivity contribution is 0.0970. The van der Waals surface area contributed by atoms with Crippen LogP contribution in [0.5, 0.6) is 5.75 Å². The Bertz CT molecular complexity index is 1330. The normalized spacial score (nSPS) is 15.7. The summed E-state index contributed by atoms with van der Waals surface area (Å²) in [5.74, 6) is 0.0196. The highest BCUT2D eigenvalue weighted by atomic mass is 16.3. The average Bonchev–Trinajstić information content (AvgIpc) is 3.02. The first-order valence-corrected chi connectivity index (χ1v) is 9.15. The van der Waals surface area contributed by atoms with Crippen molar-refractivity contribution in [1.29, 1.82) is 0 Å². The number of fused-ring (bicyclic) bond motifs is 2. The van der Waals surface area contributed by atoms with Crippen LogP contribution in [0.1, 0.15) is 33.3 Å². The van der Waals surface area contributed by atoms with Gasteiger partial charge in [0.05, 0.1) is 17.0 Å². The summed E-state index contributed by atoms with van der Waals surface area (Å²) in [6.45, 7) is 1.90. The lowest BCUT2D eigenvalue weighted by atomic mass is 9.98. The summed E-state index contributed by atoms with van der Waals surface area (Å²) in [6, 6.07) is 16.2. The van der Waals surface area contributed by atoms with E-state index in [-0.39, 0.29) is 22.5 Å². The number of aryl methyl sites for hydroxylation is 1. The van der Waals surface area contributed by atoms with E-state index >= 15 is 0 Å². The molecule has 0 saturated carbocycles. The molecule has 1 N–H and O–H groups in total. The van der Waals surface area contributed by atoms with Crippen LogP contribution in [0.2, 0.25) is 0 Å². The Morgan fingerprint density at radius 2 is 1.86 bits per heavy atom. The first kappa shape index (κ1) is 17.2. The predicted molar refractivity (Wildman–Crippen MR) is 108 cm³/mol. The van der Waals surface area contributed by atoms with Gasteiger partial charge in [0.1, 0.15) is 17.2 Å². The molecule has 6 heteroatoms. The van der Waals surface area contributed by atoms with Crippen LogP contribution in [0, 0.1) is 6.92 Å². The second kappa shape index (κ2) is 6.31. The number of nitrogens with zero attached hydrogens (tertiary/aromatic N) is 2. The number of aromatic hydroxyl groups is 1. The van der Waals surface area contributed by atoms with Gasteiger partial charge in [-0.05, 0) is 48.4 Å². The molecular weight excluding hydrogens is 368 g/mol. The van der Waals surface area contributed by atoms with E-state index in [1.54, 1.807) is 60.8 Å². The van der Waals surface area contributed by atoms with Gasteiger partial charge in [-0.3, -0.25) is 14.5 Å². The number of para-hydroxylation sites is 1. The van der Waals surface area contributed by atoms with Gasteiger partial charge in [-0.15, -0.1) is 0 Å². The van der Waals surface area contributed by atoms with Crippen LogP contribution in [-0.2, 0) is 0 Å². The van der Waals surface area contributed by atoms with Gasteiger partial charge in [-0.25, -0.2) is 4.98 Å². The van der Waals surface area contributed by atoms with E-state index in [9.17, 15) is 14.7 Å². The van der Waals surface area contributed by atoms with E-state index in [0.717, 1.165) is 5.56 Å². The number of hydrogen-bond donors (Lipinski definition) is 1. The molecular formula is C23H16N2O4. The summed E-state index contributed by atoms with van der Waals surface area (Å²) in [5, 5.41) is 10.4. The topological polar surface area (TPSA) is 83.6 Å². The molecule has 142 valence electrons. The fourth-order valence-corrected chi connectivity index (χ4v) is 3.77. The number of benzene rings is 2. The molecule has 1 amide bonds.